The molecule has 1 saturated carbocycles. The van der Waals surface area contributed by atoms with Gasteiger partial charge in [-0.25, -0.2) is 8.42 Å². The van der Waals surface area contributed by atoms with Gasteiger partial charge in [0.05, 0.1) is 22.7 Å². The van der Waals surface area contributed by atoms with Crippen molar-refractivity contribution in [2.24, 2.45) is 0 Å². The fourth-order valence-corrected chi connectivity index (χ4v) is 5.57. The first kappa shape index (κ1) is 22.3. The molecule has 3 rings (SSSR count). The molecule has 30 heavy (non-hydrogen) atoms. The van der Waals surface area contributed by atoms with E-state index in [1.807, 2.05) is 26.0 Å². The predicted octanol–water partition coefficient (Wildman–Crippen LogP) is 3.26. The number of hydrogen-bond acceptors (Lipinski definition) is 4. The first-order valence-electron chi connectivity index (χ1n) is 10.3. The number of aliphatic hydroxyl groups excluding tert-OH is 1. The minimum Gasteiger partial charge on any atom is -0.391 e. The molecule has 162 valence electrons. The molecule has 7 heteroatoms. The monoisotopic (exact) mass is 430 g/mol. The largest absolute Gasteiger partial charge is 0.391 e. The van der Waals surface area contributed by atoms with Crippen LogP contribution in [0.5, 0.6) is 0 Å². The SMILES string of the molecule is Cc1ccc(N(CC(=O)N(C)C2CCCCC2O)S(=O)(=O)c2ccccc2)c(C)c1. The highest BCUT2D eigenvalue weighted by molar-refractivity contribution is 7.92. The summed E-state index contributed by atoms with van der Waals surface area (Å²) in [6.45, 7) is 3.46. The van der Waals surface area contributed by atoms with Crippen LogP contribution >= 0.6 is 0 Å². The molecule has 0 radical (unpaired) electrons. The molecule has 1 aliphatic rings. The van der Waals surface area contributed by atoms with Crippen molar-refractivity contribution in [1.82, 2.24) is 4.90 Å². The predicted molar refractivity (Wildman–Crippen MR) is 118 cm³/mol. The Morgan fingerprint density at radius 3 is 2.37 bits per heavy atom. The Balaban J connectivity index is 1.96. The average molecular weight is 431 g/mol. The molecule has 1 aliphatic carbocycles. The molecule has 0 heterocycles. The minimum atomic E-state index is -3.94. The minimum absolute atomic E-state index is 0.137. The van der Waals surface area contributed by atoms with Crippen LogP contribution < -0.4 is 4.31 Å². The third kappa shape index (κ3) is 4.68. The Morgan fingerprint density at radius 1 is 1.07 bits per heavy atom. The number of anilines is 1. The lowest BCUT2D eigenvalue weighted by molar-refractivity contribution is -0.133. The number of carbonyl (C=O) groups excluding carboxylic acids is 1. The number of aryl methyl sites for hydroxylation is 2. The van der Waals surface area contributed by atoms with Gasteiger partial charge >= 0.3 is 0 Å². The number of benzene rings is 2. The molecule has 2 atom stereocenters. The van der Waals surface area contributed by atoms with E-state index in [4.69, 9.17) is 0 Å². The maximum Gasteiger partial charge on any atom is 0.264 e. The van der Waals surface area contributed by atoms with Gasteiger partial charge in [-0.15, -0.1) is 0 Å². The van der Waals surface area contributed by atoms with Crippen LogP contribution in [0.3, 0.4) is 0 Å². The van der Waals surface area contributed by atoms with Crippen LogP contribution in [-0.4, -0.2) is 50.1 Å². The van der Waals surface area contributed by atoms with E-state index in [-0.39, 0.29) is 23.4 Å². The van der Waals surface area contributed by atoms with Gasteiger partial charge in [-0.3, -0.25) is 9.10 Å². The average Bonchev–Trinajstić information content (AvgIpc) is 2.73. The Bertz CT molecular complexity index is 992. The quantitative estimate of drug-likeness (QED) is 0.763. The van der Waals surface area contributed by atoms with Gasteiger partial charge in [0.1, 0.15) is 6.54 Å². The van der Waals surface area contributed by atoms with Crippen LogP contribution in [0.2, 0.25) is 0 Å². The van der Waals surface area contributed by atoms with Crippen molar-refractivity contribution in [2.75, 3.05) is 17.9 Å². The maximum absolute atomic E-state index is 13.5. The van der Waals surface area contributed by atoms with Gasteiger partial charge in [-0.05, 0) is 50.5 Å². The number of amides is 1. The molecule has 1 fully saturated rings. The topological polar surface area (TPSA) is 77.9 Å². The van der Waals surface area contributed by atoms with Crippen LogP contribution in [0.1, 0.15) is 36.8 Å². The van der Waals surface area contributed by atoms with Gasteiger partial charge in [-0.1, -0.05) is 48.7 Å². The normalized spacial score (nSPS) is 19.3. The fraction of sp³-hybridized carbons (Fsp3) is 0.435. The summed E-state index contributed by atoms with van der Waals surface area (Å²) in [6.07, 6.45) is 2.69. The van der Waals surface area contributed by atoms with E-state index in [0.717, 1.165) is 30.4 Å². The summed E-state index contributed by atoms with van der Waals surface area (Å²) in [5, 5.41) is 10.3. The van der Waals surface area contributed by atoms with E-state index in [1.165, 1.54) is 21.3 Å². The smallest absolute Gasteiger partial charge is 0.264 e. The Morgan fingerprint density at radius 2 is 1.73 bits per heavy atom. The number of rotatable bonds is 6. The van der Waals surface area contributed by atoms with Gasteiger partial charge in [0.25, 0.3) is 10.0 Å². The van der Waals surface area contributed by atoms with Crippen molar-refractivity contribution >= 4 is 21.6 Å². The number of carbonyl (C=O) groups is 1. The van der Waals surface area contributed by atoms with Crippen LogP contribution in [-0.2, 0) is 14.8 Å². The summed E-state index contributed by atoms with van der Waals surface area (Å²) >= 11 is 0. The van der Waals surface area contributed by atoms with Crippen LogP contribution in [0.15, 0.2) is 53.4 Å². The van der Waals surface area contributed by atoms with E-state index in [2.05, 4.69) is 0 Å². The molecule has 2 aromatic carbocycles. The molecule has 6 nitrogen and oxygen atoms in total. The lowest BCUT2D eigenvalue weighted by atomic mass is 9.91. The third-order valence-corrected chi connectivity index (χ3v) is 7.59. The van der Waals surface area contributed by atoms with Crippen LogP contribution in [0, 0.1) is 13.8 Å². The van der Waals surface area contributed by atoms with E-state index in [9.17, 15) is 18.3 Å². The summed E-state index contributed by atoms with van der Waals surface area (Å²) in [5.41, 5.74) is 2.28. The molecule has 0 aliphatic heterocycles. The Hall–Kier alpha value is -2.38. The summed E-state index contributed by atoms with van der Waals surface area (Å²) in [4.78, 5) is 14.8. The zero-order chi connectivity index (χ0) is 21.9. The second-order valence-electron chi connectivity index (χ2n) is 8.04. The Labute approximate surface area is 179 Å². The summed E-state index contributed by atoms with van der Waals surface area (Å²) < 4.78 is 28.1. The highest BCUT2D eigenvalue weighted by atomic mass is 32.2. The van der Waals surface area contributed by atoms with Crippen molar-refractivity contribution < 1.29 is 18.3 Å². The first-order valence-corrected chi connectivity index (χ1v) is 11.7. The lowest BCUT2D eigenvalue weighted by Gasteiger charge is -2.36. The molecule has 0 aromatic heterocycles. The molecule has 2 aromatic rings. The van der Waals surface area contributed by atoms with E-state index in [1.54, 1.807) is 31.3 Å². The molecular weight excluding hydrogens is 400 g/mol. The lowest BCUT2D eigenvalue weighted by Crippen LogP contribution is -2.50. The molecule has 1 amide bonds. The van der Waals surface area contributed by atoms with Gasteiger partial charge in [-0.2, -0.15) is 0 Å². The Kier molecular flexibility index (Phi) is 6.83. The summed E-state index contributed by atoms with van der Waals surface area (Å²) in [7, 11) is -2.29. The second kappa shape index (κ2) is 9.18. The van der Waals surface area contributed by atoms with Gasteiger partial charge in [0.2, 0.25) is 5.91 Å². The fourth-order valence-electron chi connectivity index (χ4n) is 4.07. The van der Waals surface area contributed by atoms with Crippen molar-refractivity contribution in [2.45, 2.75) is 56.6 Å². The molecule has 2 unspecified atom stereocenters. The number of sulfonamides is 1. The number of nitrogens with zero attached hydrogens (tertiary/aromatic N) is 2. The van der Waals surface area contributed by atoms with Gasteiger partial charge in [0, 0.05) is 7.05 Å². The number of hydrogen-bond donors (Lipinski definition) is 1. The number of likely N-dealkylation sites (N-methyl/N-ethyl adjacent to an activating group) is 1. The zero-order valence-corrected chi connectivity index (χ0v) is 18.6. The molecule has 0 spiro atoms. The van der Waals surface area contributed by atoms with Crippen LogP contribution in [0.4, 0.5) is 5.69 Å². The molecule has 1 N–H and O–H groups in total. The standard InChI is InChI=1S/C23H30N2O4S/c1-17-13-14-20(18(2)15-17)25(30(28,29)19-9-5-4-6-10-19)16-23(27)24(3)21-11-7-8-12-22(21)26/h4-6,9-10,13-15,21-22,26H,7-8,11-12,16H2,1-3H3. The van der Waals surface area contributed by atoms with E-state index < -0.39 is 16.1 Å². The zero-order valence-electron chi connectivity index (χ0n) is 17.8. The van der Waals surface area contributed by atoms with E-state index in [0.29, 0.717) is 12.1 Å². The summed E-state index contributed by atoms with van der Waals surface area (Å²) in [6, 6.07) is 13.4. The van der Waals surface area contributed by atoms with Crippen molar-refractivity contribution in [3.05, 3.63) is 59.7 Å². The molecule has 0 bridgehead atoms. The summed E-state index contributed by atoms with van der Waals surface area (Å²) in [5.74, 6) is -0.333. The number of aliphatic hydroxyl groups is 1. The van der Waals surface area contributed by atoms with Crippen molar-refractivity contribution in [3.63, 3.8) is 0 Å². The molecular formula is C23H30N2O4S. The third-order valence-electron chi connectivity index (χ3n) is 5.82. The van der Waals surface area contributed by atoms with E-state index >= 15 is 0 Å². The highest BCUT2D eigenvalue weighted by Crippen LogP contribution is 2.28. The second-order valence-corrected chi connectivity index (χ2v) is 9.90. The van der Waals surface area contributed by atoms with Crippen LogP contribution in [0.25, 0.3) is 0 Å². The van der Waals surface area contributed by atoms with Gasteiger partial charge < -0.3 is 10.0 Å². The van der Waals surface area contributed by atoms with Gasteiger partial charge in [0.15, 0.2) is 0 Å². The van der Waals surface area contributed by atoms with Crippen molar-refractivity contribution in [3.8, 4) is 0 Å². The van der Waals surface area contributed by atoms with Crippen molar-refractivity contribution in [1.29, 1.82) is 0 Å². The molecule has 0 saturated heterocycles. The highest BCUT2D eigenvalue weighted by Gasteiger charge is 2.33. The first-order chi connectivity index (χ1) is 14.2. The maximum atomic E-state index is 13.5.